The van der Waals surface area contributed by atoms with Gasteiger partial charge in [-0.1, -0.05) is 12.1 Å². The molecular formula is C18H14O5. The van der Waals surface area contributed by atoms with Crippen LogP contribution in [0.4, 0.5) is 0 Å². The average Bonchev–Trinajstić information content (AvgIpc) is 2.51. The average molecular weight is 310 g/mol. The third-order valence-electron chi connectivity index (χ3n) is 3.57. The fourth-order valence-corrected chi connectivity index (χ4v) is 2.43. The van der Waals surface area contributed by atoms with Crippen molar-refractivity contribution in [3.63, 3.8) is 0 Å². The number of benzene rings is 2. The predicted octanol–water partition coefficient (Wildman–Crippen LogP) is 3.40. The third-order valence-corrected chi connectivity index (χ3v) is 3.57. The zero-order valence-corrected chi connectivity index (χ0v) is 12.6. The number of phenolic OH excluding ortho intramolecular Hbond substituents is 1. The number of hydrogen-bond donors (Lipinski definition) is 1. The Hall–Kier alpha value is -3.08. The van der Waals surface area contributed by atoms with Gasteiger partial charge in [-0.2, -0.15) is 0 Å². The summed E-state index contributed by atoms with van der Waals surface area (Å²) in [5, 5.41) is 9.75. The summed E-state index contributed by atoms with van der Waals surface area (Å²) in [6.07, 6.45) is 1.38. The van der Waals surface area contributed by atoms with Gasteiger partial charge < -0.3 is 14.3 Å². The summed E-state index contributed by atoms with van der Waals surface area (Å²) in [7, 11) is 0. The molecule has 23 heavy (non-hydrogen) atoms. The quantitative estimate of drug-likeness (QED) is 0.580. The zero-order chi connectivity index (χ0) is 16.6. The summed E-state index contributed by atoms with van der Waals surface area (Å²) in [6, 6.07) is 9.47. The Kier molecular flexibility index (Phi) is 3.62. The minimum Gasteiger partial charge on any atom is -0.508 e. The molecule has 1 aromatic heterocycles. The number of carbonyl (C=O) groups excluding carboxylic acids is 1. The molecule has 0 aliphatic rings. The maximum absolute atomic E-state index is 12.7. The van der Waals surface area contributed by atoms with Crippen LogP contribution in [0.15, 0.2) is 51.9 Å². The minimum absolute atomic E-state index is 0.126. The van der Waals surface area contributed by atoms with Gasteiger partial charge >= 0.3 is 5.97 Å². The number of carbonyl (C=O) groups is 1. The van der Waals surface area contributed by atoms with Crippen LogP contribution in [0.1, 0.15) is 12.5 Å². The first-order valence-corrected chi connectivity index (χ1v) is 7.00. The Morgan fingerprint density at radius 2 is 1.83 bits per heavy atom. The molecule has 0 fully saturated rings. The maximum Gasteiger partial charge on any atom is 0.308 e. The van der Waals surface area contributed by atoms with Gasteiger partial charge in [0.1, 0.15) is 23.3 Å². The number of ether oxygens (including phenoxy) is 1. The molecule has 116 valence electrons. The van der Waals surface area contributed by atoms with Crippen molar-refractivity contribution in [3.05, 3.63) is 58.4 Å². The molecular weight excluding hydrogens is 296 g/mol. The second-order valence-electron chi connectivity index (χ2n) is 5.18. The van der Waals surface area contributed by atoms with E-state index in [4.69, 9.17) is 9.15 Å². The lowest BCUT2D eigenvalue weighted by molar-refractivity contribution is -0.131. The highest BCUT2D eigenvalue weighted by molar-refractivity contribution is 5.86. The molecule has 0 atom stereocenters. The number of hydrogen-bond acceptors (Lipinski definition) is 5. The van der Waals surface area contributed by atoms with Crippen LogP contribution in [0, 0.1) is 6.92 Å². The molecule has 3 aromatic rings. The van der Waals surface area contributed by atoms with Gasteiger partial charge in [0.2, 0.25) is 5.43 Å². The van der Waals surface area contributed by atoms with Crippen LogP contribution < -0.4 is 10.2 Å². The Balaban J connectivity index is 2.19. The van der Waals surface area contributed by atoms with Gasteiger partial charge in [0.15, 0.2) is 0 Å². The summed E-state index contributed by atoms with van der Waals surface area (Å²) in [4.78, 5) is 23.8. The van der Waals surface area contributed by atoms with E-state index in [0.29, 0.717) is 33.4 Å². The summed E-state index contributed by atoms with van der Waals surface area (Å²) >= 11 is 0. The number of esters is 1. The van der Waals surface area contributed by atoms with Crippen molar-refractivity contribution >= 4 is 16.9 Å². The van der Waals surface area contributed by atoms with E-state index < -0.39 is 5.97 Å². The van der Waals surface area contributed by atoms with Gasteiger partial charge in [0.05, 0.1) is 10.9 Å². The normalized spacial score (nSPS) is 10.7. The van der Waals surface area contributed by atoms with Crippen molar-refractivity contribution < 1.29 is 19.1 Å². The lowest BCUT2D eigenvalue weighted by Gasteiger charge is -2.09. The Labute approximate surface area is 131 Å². The molecule has 0 spiro atoms. The van der Waals surface area contributed by atoms with Gasteiger partial charge in [-0.05, 0) is 36.8 Å². The highest BCUT2D eigenvalue weighted by Gasteiger charge is 2.14. The van der Waals surface area contributed by atoms with Crippen LogP contribution in [0.2, 0.25) is 0 Å². The smallest absolute Gasteiger partial charge is 0.308 e. The van der Waals surface area contributed by atoms with Crippen molar-refractivity contribution in [1.82, 2.24) is 0 Å². The summed E-state index contributed by atoms with van der Waals surface area (Å²) in [6.45, 7) is 3.04. The molecule has 0 saturated carbocycles. The molecule has 3 rings (SSSR count). The molecule has 0 aliphatic carbocycles. The van der Waals surface area contributed by atoms with Crippen LogP contribution >= 0.6 is 0 Å². The molecule has 0 aliphatic heterocycles. The van der Waals surface area contributed by atoms with Crippen molar-refractivity contribution in [2.45, 2.75) is 13.8 Å². The molecule has 1 N–H and O–H groups in total. The first-order valence-electron chi connectivity index (χ1n) is 7.00. The lowest BCUT2D eigenvalue weighted by Crippen LogP contribution is -2.07. The van der Waals surface area contributed by atoms with E-state index in [1.807, 2.05) is 0 Å². The van der Waals surface area contributed by atoms with Crippen molar-refractivity contribution in [3.8, 4) is 22.6 Å². The van der Waals surface area contributed by atoms with Crippen LogP contribution in [0.25, 0.3) is 22.1 Å². The number of rotatable bonds is 2. The molecule has 0 amide bonds. The number of aryl methyl sites for hydroxylation is 1. The predicted molar refractivity (Wildman–Crippen MR) is 85.6 cm³/mol. The van der Waals surface area contributed by atoms with Gasteiger partial charge in [-0.25, -0.2) is 0 Å². The highest BCUT2D eigenvalue weighted by Crippen LogP contribution is 2.28. The zero-order valence-electron chi connectivity index (χ0n) is 12.6. The number of aromatic hydroxyl groups is 1. The summed E-state index contributed by atoms with van der Waals surface area (Å²) in [5.74, 6) is 0.0573. The minimum atomic E-state index is -0.435. The fourth-order valence-electron chi connectivity index (χ4n) is 2.43. The van der Waals surface area contributed by atoms with Gasteiger partial charge in [-0.15, -0.1) is 0 Å². The molecule has 0 unspecified atom stereocenters. The lowest BCUT2D eigenvalue weighted by atomic mass is 10.0. The standard InChI is InChI=1S/C18H14O5/c1-10-16(23-11(2)19)8-7-14-17(21)15(9-22-18(10)14)12-3-5-13(20)6-4-12/h3-9,20H,1-2H3. The Bertz CT molecular complexity index is 952. The SMILES string of the molecule is CC(=O)Oc1ccc2c(=O)c(-c3ccc(O)cc3)coc2c1C. The van der Waals surface area contributed by atoms with Crippen LogP contribution in [0.3, 0.4) is 0 Å². The van der Waals surface area contributed by atoms with E-state index in [0.717, 1.165) is 0 Å². The van der Waals surface area contributed by atoms with Crippen LogP contribution in [-0.2, 0) is 4.79 Å². The van der Waals surface area contributed by atoms with E-state index in [1.165, 1.54) is 25.3 Å². The van der Waals surface area contributed by atoms with Gasteiger partial charge in [0.25, 0.3) is 0 Å². The maximum atomic E-state index is 12.7. The van der Waals surface area contributed by atoms with Gasteiger partial charge in [0, 0.05) is 12.5 Å². The van der Waals surface area contributed by atoms with Gasteiger partial charge in [-0.3, -0.25) is 9.59 Å². The van der Waals surface area contributed by atoms with Crippen molar-refractivity contribution in [2.24, 2.45) is 0 Å². The highest BCUT2D eigenvalue weighted by atomic mass is 16.5. The van der Waals surface area contributed by atoms with E-state index in [1.54, 1.807) is 31.2 Å². The molecule has 5 heteroatoms. The molecule has 1 heterocycles. The second kappa shape index (κ2) is 5.61. The van der Waals surface area contributed by atoms with Crippen molar-refractivity contribution in [1.29, 1.82) is 0 Å². The van der Waals surface area contributed by atoms with E-state index in [-0.39, 0.29) is 11.2 Å². The van der Waals surface area contributed by atoms with Crippen LogP contribution in [0.5, 0.6) is 11.5 Å². The summed E-state index contributed by atoms with van der Waals surface area (Å²) < 4.78 is 10.7. The number of phenols is 1. The van der Waals surface area contributed by atoms with Crippen LogP contribution in [-0.4, -0.2) is 11.1 Å². The molecule has 0 bridgehead atoms. The molecule has 0 radical (unpaired) electrons. The van der Waals surface area contributed by atoms with E-state index in [2.05, 4.69) is 0 Å². The molecule has 5 nitrogen and oxygen atoms in total. The first-order chi connectivity index (χ1) is 11.0. The topological polar surface area (TPSA) is 76.7 Å². The largest absolute Gasteiger partial charge is 0.508 e. The number of fused-ring (bicyclic) bond motifs is 1. The van der Waals surface area contributed by atoms with E-state index in [9.17, 15) is 14.7 Å². The molecule has 2 aromatic carbocycles. The van der Waals surface area contributed by atoms with E-state index >= 15 is 0 Å². The second-order valence-corrected chi connectivity index (χ2v) is 5.18. The first kappa shape index (κ1) is 14.8. The monoisotopic (exact) mass is 310 g/mol. The van der Waals surface area contributed by atoms with Crippen molar-refractivity contribution in [2.75, 3.05) is 0 Å². The molecule has 0 saturated heterocycles. The Morgan fingerprint density at radius 1 is 1.13 bits per heavy atom. The fraction of sp³-hybridized carbons (Fsp3) is 0.111. The Morgan fingerprint density at radius 3 is 2.48 bits per heavy atom. The third kappa shape index (κ3) is 2.68. The summed E-state index contributed by atoms with van der Waals surface area (Å²) in [5.41, 5.74) is 1.84.